The fourth-order valence-electron chi connectivity index (χ4n) is 2.00. The first-order chi connectivity index (χ1) is 11.1. The van der Waals surface area contributed by atoms with Gasteiger partial charge in [-0.3, -0.25) is 4.79 Å². The number of aliphatic carboxylic acids is 1. The number of carboxylic acid groups (broad SMARTS) is 1. The molecule has 2 aromatic rings. The van der Waals surface area contributed by atoms with E-state index in [0.29, 0.717) is 0 Å². The van der Waals surface area contributed by atoms with Crippen molar-refractivity contribution in [3.8, 4) is 0 Å². The molecule has 0 saturated carbocycles. The predicted molar refractivity (Wildman–Crippen MR) is 85.4 cm³/mol. The molecule has 1 amide bonds. The van der Waals surface area contributed by atoms with Gasteiger partial charge >= 0.3 is 5.97 Å². The third kappa shape index (κ3) is 5.07. The minimum Gasteiger partial charge on any atom is -0.480 e. The second kappa shape index (κ2) is 7.89. The maximum Gasteiger partial charge on any atom is 0.326 e. The highest BCUT2D eigenvalue weighted by Crippen LogP contribution is 2.06. The van der Waals surface area contributed by atoms with Gasteiger partial charge in [0.15, 0.2) is 0 Å². The molecule has 0 bridgehead atoms. The third-order valence-electron chi connectivity index (χ3n) is 3.17. The lowest BCUT2D eigenvalue weighted by atomic mass is 10.1. The molecule has 118 valence electrons. The summed E-state index contributed by atoms with van der Waals surface area (Å²) in [7, 11) is 0. The van der Waals surface area contributed by atoms with E-state index in [-0.39, 0.29) is 12.0 Å². The Labute approximate surface area is 133 Å². The zero-order chi connectivity index (χ0) is 16.7. The molecule has 1 atom stereocenters. The average molecular weight is 313 g/mol. The van der Waals surface area contributed by atoms with Crippen molar-refractivity contribution < 1.29 is 19.1 Å². The first-order valence-corrected chi connectivity index (χ1v) is 7.07. The van der Waals surface area contributed by atoms with Crippen LogP contribution in [0.3, 0.4) is 0 Å². The number of carbonyl (C=O) groups excluding carboxylic acids is 1. The number of hydrogen-bond acceptors (Lipinski definition) is 2. The summed E-state index contributed by atoms with van der Waals surface area (Å²) in [4.78, 5) is 23.2. The van der Waals surface area contributed by atoms with E-state index in [1.54, 1.807) is 12.2 Å². The van der Waals surface area contributed by atoms with Crippen molar-refractivity contribution in [2.45, 2.75) is 12.5 Å². The van der Waals surface area contributed by atoms with Crippen LogP contribution < -0.4 is 5.32 Å². The van der Waals surface area contributed by atoms with Crippen molar-refractivity contribution in [3.63, 3.8) is 0 Å². The van der Waals surface area contributed by atoms with Gasteiger partial charge in [-0.2, -0.15) is 0 Å². The van der Waals surface area contributed by atoms with E-state index in [0.717, 1.165) is 11.6 Å². The van der Waals surface area contributed by atoms with Gasteiger partial charge in [0.2, 0.25) is 0 Å². The molecule has 2 aromatic carbocycles. The molecule has 0 fully saturated rings. The van der Waals surface area contributed by atoms with E-state index in [1.807, 2.05) is 30.3 Å². The Morgan fingerprint density at radius 2 is 1.87 bits per heavy atom. The van der Waals surface area contributed by atoms with Gasteiger partial charge < -0.3 is 10.4 Å². The molecule has 23 heavy (non-hydrogen) atoms. The number of carboxylic acids is 1. The normalized spacial score (nSPS) is 12.0. The Balaban J connectivity index is 2.00. The molecule has 0 aliphatic rings. The lowest BCUT2D eigenvalue weighted by molar-refractivity contribution is -0.139. The summed E-state index contributed by atoms with van der Waals surface area (Å²) in [5.74, 6) is -2.31. The Morgan fingerprint density at radius 3 is 2.52 bits per heavy atom. The second-order valence-electron chi connectivity index (χ2n) is 4.92. The van der Waals surface area contributed by atoms with Crippen molar-refractivity contribution in [2.24, 2.45) is 0 Å². The zero-order valence-electron chi connectivity index (χ0n) is 12.3. The molecule has 5 heteroatoms. The Morgan fingerprint density at radius 1 is 1.13 bits per heavy atom. The molecule has 0 aliphatic carbocycles. The van der Waals surface area contributed by atoms with Crippen molar-refractivity contribution >= 4 is 18.0 Å². The van der Waals surface area contributed by atoms with Gasteiger partial charge in [0.05, 0.1) is 0 Å². The van der Waals surface area contributed by atoms with Crippen LogP contribution in [0.2, 0.25) is 0 Å². The lowest BCUT2D eigenvalue weighted by Gasteiger charge is -2.12. The van der Waals surface area contributed by atoms with Gasteiger partial charge in [0, 0.05) is 5.56 Å². The van der Waals surface area contributed by atoms with Gasteiger partial charge in [-0.15, -0.1) is 0 Å². The maximum absolute atomic E-state index is 13.1. The highest BCUT2D eigenvalue weighted by Gasteiger charge is 2.19. The third-order valence-corrected chi connectivity index (χ3v) is 3.17. The average Bonchev–Trinajstić information content (AvgIpc) is 2.54. The summed E-state index contributed by atoms with van der Waals surface area (Å²) in [6, 6.07) is 13.4. The molecule has 0 heterocycles. The highest BCUT2D eigenvalue weighted by atomic mass is 19.1. The second-order valence-corrected chi connectivity index (χ2v) is 4.92. The molecule has 0 spiro atoms. The molecule has 0 aromatic heterocycles. The molecule has 0 saturated heterocycles. The van der Waals surface area contributed by atoms with Crippen LogP contribution in [0, 0.1) is 5.82 Å². The molecule has 0 aliphatic heterocycles. The standard InChI is InChI=1S/C18H16FNO3/c19-15-10-5-9-14(12-15)17(21)20-16(18(22)23)11-4-8-13-6-2-1-3-7-13/h1-10,12,16H,11H2,(H,20,21)(H,22,23)/b8-4+/t16-/m1/s1. The van der Waals surface area contributed by atoms with E-state index in [4.69, 9.17) is 0 Å². The summed E-state index contributed by atoms with van der Waals surface area (Å²) in [6.07, 6.45) is 3.59. The summed E-state index contributed by atoms with van der Waals surface area (Å²) in [5, 5.41) is 11.6. The van der Waals surface area contributed by atoms with E-state index >= 15 is 0 Å². The number of hydrogen-bond donors (Lipinski definition) is 2. The number of amides is 1. The first-order valence-electron chi connectivity index (χ1n) is 7.07. The van der Waals surface area contributed by atoms with E-state index in [2.05, 4.69) is 5.32 Å². The topological polar surface area (TPSA) is 66.4 Å². The molecule has 0 unspecified atom stereocenters. The minimum atomic E-state index is -1.15. The van der Waals surface area contributed by atoms with Crippen molar-refractivity contribution in [1.82, 2.24) is 5.32 Å². The van der Waals surface area contributed by atoms with Gasteiger partial charge in [0.25, 0.3) is 5.91 Å². The van der Waals surface area contributed by atoms with Gasteiger partial charge in [-0.05, 0) is 30.2 Å². The molecular weight excluding hydrogens is 297 g/mol. The number of nitrogens with one attached hydrogen (secondary N) is 1. The minimum absolute atomic E-state index is 0.0864. The van der Waals surface area contributed by atoms with E-state index in [1.165, 1.54) is 18.2 Å². The van der Waals surface area contributed by atoms with Crippen LogP contribution in [0.4, 0.5) is 4.39 Å². The Kier molecular flexibility index (Phi) is 5.63. The van der Waals surface area contributed by atoms with Crippen LogP contribution in [-0.4, -0.2) is 23.0 Å². The first kappa shape index (κ1) is 16.4. The summed E-state index contributed by atoms with van der Waals surface area (Å²) >= 11 is 0. The molecule has 2 N–H and O–H groups in total. The van der Waals surface area contributed by atoms with Gasteiger partial charge in [0.1, 0.15) is 11.9 Å². The number of benzene rings is 2. The Hall–Kier alpha value is -2.95. The molecular formula is C18H16FNO3. The van der Waals surface area contributed by atoms with Gasteiger partial charge in [-0.1, -0.05) is 48.6 Å². The molecule has 4 nitrogen and oxygen atoms in total. The highest BCUT2D eigenvalue weighted by molar-refractivity contribution is 5.96. The largest absolute Gasteiger partial charge is 0.480 e. The van der Waals surface area contributed by atoms with Crippen LogP contribution in [0.15, 0.2) is 60.7 Å². The van der Waals surface area contributed by atoms with Crippen molar-refractivity contribution in [2.75, 3.05) is 0 Å². The Bertz CT molecular complexity index is 713. The quantitative estimate of drug-likeness (QED) is 0.861. The zero-order valence-corrected chi connectivity index (χ0v) is 12.3. The van der Waals surface area contributed by atoms with Crippen molar-refractivity contribution in [1.29, 1.82) is 0 Å². The molecule has 0 radical (unpaired) electrons. The van der Waals surface area contributed by atoms with Crippen LogP contribution in [0.1, 0.15) is 22.3 Å². The van der Waals surface area contributed by atoms with Crippen LogP contribution in [-0.2, 0) is 4.79 Å². The SMILES string of the molecule is O=C(N[C@H](C/C=C/c1ccccc1)C(=O)O)c1cccc(F)c1. The van der Waals surface area contributed by atoms with E-state index in [9.17, 15) is 19.1 Å². The summed E-state index contributed by atoms with van der Waals surface area (Å²) < 4.78 is 13.1. The number of rotatable bonds is 6. The number of carbonyl (C=O) groups is 2. The summed E-state index contributed by atoms with van der Waals surface area (Å²) in [5.41, 5.74) is 1.02. The smallest absolute Gasteiger partial charge is 0.326 e. The van der Waals surface area contributed by atoms with Crippen LogP contribution in [0.5, 0.6) is 0 Å². The lowest BCUT2D eigenvalue weighted by Crippen LogP contribution is -2.40. The fraction of sp³-hybridized carbons (Fsp3) is 0.111. The van der Waals surface area contributed by atoms with Gasteiger partial charge in [-0.25, -0.2) is 9.18 Å². The summed E-state index contributed by atoms with van der Waals surface area (Å²) in [6.45, 7) is 0. The van der Waals surface area contributed by atoms with Crippen LogP contribution in [0.25, 0.3) is 6.08 Å². The molecule has 2 rings (SSSR count). The fourth-order valence-corrected chi connectivity index (χ4v) is 2.00. The number of halogens is 1. The van der Waals surface area contributed by atoms with Crippen LogP contribution >= 0.6 is 0 Å². The maximum atomic E-state index is 13.1. The van der Waals surface area contributed by atoms with E-state index < -0.39 is 23.7 Å². The monoisotopic (exact) mass is 313 g/mol. The predicted octanol–water partition coefficient (Wildman–Crippen LogP) is 3.11. The van der Waals surface area contributed by atoms with Crippen molar-refractivity contribution in [3.05, 3.63) is 77.6 Å².